The number of ether oxygens (including phenoxy) is 1. The molecular formula is C26H37N3O5. The van der Waals surface area contributed by atoms with Crippen molar-refractivity contribution in [3.05, 3.63) is 35.9 Å². The van der Waals surface area contributed by atoms with Gasteiger partial charge in [-0.25, -0.2) is 0 Å². The Hall–Kier alpha value is -2.45. The Bertz CT molecular complexity index is 894. The van der Waals surface area contributed by atoms with Crippen molar-refractivity contribution in [1.82, 2.24) is 15.5 Å². The molecule has 8 nitrogen and oxygen atoms in total. The average Bonchev–Trinajstić information content (AvgIpc) is 3.49. The summed E-state index contributed by atoms with van der Waals surface area (Å²) >= 11 is 0. The molecule has 186 valence electrons. The molecule has 3 aliphatic rings. The summed E-state index contributed by atoms with van der Waals surface area (Å²) in [5.74, 6) is -2.02. The van der Waals surface area contributed by atoms with Gasteiger partial charge >= 0.3 is 0 Å². The van der Waals surface area contributed by atoms with Gasteiger partial charge in [0.15, 0.2) is 0 Å². The summed E-state index contributed by atoms with van der Waals surface area (Å²) in [5.41, 5.74) is -0.0624. The zero-order chi connectivity index (χ0) is 24.3. The molecule has 3 aliphatic heterocycles. The summed E-state index contributed by atoms with van der Waals surface area (Å²) in [4.78, 5) is 42.2. The van der Waals surface area contributed by atoms with Crippen molar-refractivity contribution < 1.29 is 24.2 Å². The number of aliphatic hydroxyl groups is 1. The number of aliphatic hydroxyl groups excluding tert-OH is 1. The predicted molar refractivity (Wildman–Crippen MR) is 127 cm³/mol. The number of unbranched alkanes of at least 4 members (excludes halogenated alkanes) is 1. The number of carbonyl (C=O) groups is 3. The van der Waals surface area contributed by atoms with E-state index in [2.05, 4.69) is 17.6 Å². The summed E-state index contributed by atoms with van der Waals surface area (Å²) in [7, 11) is 0. The standard InChI is InChI=1S/C26H37N3O5/c1-3-5-14-28-24(32)22-26-12-11-19(34-26)20(23(31)27-13-4-2)21(26)25(33)29(22)18(16-30)15-17-9-7-6-8-10-17/h6-10,18-22,30H,3-5,11-16H2,1-2H3,(H,27,31)(H,28,32)/t18-,19+,20-,21+,22?,26?/m1/s1. The van der Waals surface area contributed by atoms with Crippen molar-refractivity contribution in [1.29, 1.82) is 0 Å². The van der Waals surface area contributed by atoms with E-state index in [4.69, 9.17) is 4.74 Å². The van der Waals surface area contributed by atoms with Crippen LogP contribution in [0.3, 0.4) is 0 Å². The van der Waals surface area contributed by atoms with Gasteiger partial charge in [-0.2, -0.15) is 0 Å². The minimum absolute atomic E-state index is 0.178. The van der Waals surface area contributed by atoms with E-state index in [0.717, 1.165) is 24.8 Å². The first kappa shape index (κ1) is 24.7. The SMILES string of the molecule is CCCCNC(=O)C1N([C@@H](CO)Cc2ccccc2)C(=O)[C@@H]2[C@H](C(=O)NCCC)[C@@H]3CCC12O3. The molecule has 1 spiro atoms. The van der Waals surface area contributed by atoms with E-state index >= 15 is 0 Å². The summed E-state index contributed by atoms with van der Waals surface area (Å²) in [6.07, 6.45) is 3.82. The fourth-order valence-corrected chi connectivity index (χ4v) is 6.07. The molecule has 8 heteroatoms. The number of hydrogen-bond acceptors (Lipinski definition) is 5. The second kappa shape index (κ2) is 10.4. The van der Waals surface area contributed by atoms with Gasteiger partial charge in [-0.15, -0.1) is 0 Å². The van der Waals surface area contributed by atoms with Crippen molar-refractivity contribution in [3.63, 3.8) is 0 Å². The highest BCUT2D eigenvalue weighted by Gasteiger charge is 2.75. The van der Waals surface area contributed by atoms with E-state index in [1.54, 1.807) is 4.90 Å². The Morgan fingerprint density at radius 2 is 1.88 bits per heavy atom. The zero-order valence-corrected chi connectivity index (χ0v) is 20.2. The number of nitrogens with zero attached hydrogens (tertiary/aromatic N) is 1. The van der Waals surface area contributed by atoms with Crippen LogP contribution in [0.2, 0.25) is 0 Å². The third-order valence-electron chi connectivity index (χ3n) is 7.59. The number of fused-ring (bicyclic) bond motifs is 1. The molecule has 2 unspecified atom stereocenters. The maximum Gasteiger partial charge on any atom is 0.245 e. The van der Waals surface area contributed by atoms with E-state index < -0.39 is 29.5 Å². The number of likely N-dealkylation sites (tertiary alicyclic amines) is 1. The van der Waals surface area contributed by atoms with Gasteiger partial charge in [0.25, 0.3) is 0 Å². The van der Waals surface area contributed by atoms with E-state index in [1.807, 2.05) is 37.3 Å². The Morgan fingerprint density at radius 1 is 1.15 bits per heavy atom. The highest BCUT2D eigenvalue weighted by molar-refractivity contribution is 5.99. The zero-order valence-electron chi connectivity index (χ0n) is 20.2. The van der Waals surface area contributed by atoms with E-state index in [-0.39, 0.29) is 30.4 Å². The van der Waals surface area contributed by atoms with Crippen LogP contribution in [0.1, 0.15) is 51.5 Å². The lowest BCUT2D eigenvalue weighted by molar-refractivity contribution is -0.145. The van der Waals surface area contributed by atoms with Crippen LogP contribution in [0.5, 0.6) is 0 Å². The van der Waals surface area contributed by atoms with E-state index in [0.29, 0.717) is 32.4 Å². The van der Waals surface area contributed by atoms with Crippen LogP contribution in [-0.2, 0) is 25.5 Å². The van der Waals surface area contributed by atoms with Crippen LogP contribution < -0.4 is 10.6 Å². The number of nitrogens with one attached hydrogen (secondary N) is 2. The molecule has 2 bridgehead atoms. The summed E-state index contributed by atoms with van der Waals surface area (Å²) < 4.78 is 6.42. The topological polar surface area (TPSA) is 108 Å². The molecule has 3 amide bonds. The molecule has 0 radical (unpaired) electrons. The summed E-state index contributed by atoms with van der Waals surface area (Å²) in [6.45, 7) is 4.80. The Kier molecular flexibility index (Phi) is 7.57. The lowest BCUT2D eigenvalue weighted by Gasteiger charge is -2.36. The fourth-order valence-electron chi connectivity index (χ4n) is 6.07. The lowest BCUT2D eigenvalue weighted by atomic mass is 9.70. The molecule has 6 atom stereocenters. The van der Waals surface area contributed by atoms with Crippen molar-refractivity contribution in [3.8, 4) is 0 Å². The second-order valence-corrected chi connectivity index (χ2v) is 9.76. The molecule has 1 aromatic carbocycles. The van der Waals surface area contributed by atoms with Crippen molar-refractivity contribution in [2.75, 3.05) is 19.7 Å². The molecule has 0 aliphatic carbocycles. The maximum absolute atomic E-state index is 14.0. The van der Waals surface area contributed by atoms with Gasteiger partial charge in [0, 0.05) is 13.1 Å². The normalized spacial score (nSPS) is 30.3. The van der Waals surface area contributed by atoms with E-state index in [9.17, 15) is 19.5 Å². The molecule has 34 heavy (non-hydrogen) atoms. The van der Waals surface area contributed by atoms with Crippen molar-refractivity contribution >= 4 is 17.7 Å². The van der Waals surface area contributed by atoms with Crippen LogP contribution in [0, 0.1) is 11.8 Å². The number of rotatable bonds is 11. The van der Waals surface area contributed by atoms with Gasteiger partial charge in [-0.1, -0.05) is 50.6 Å². The number of amides is 3. The Balaban J connectivity index is 1.68. The third-order valence-corrected chi connectivity index (χ3v) is 7.59. The van der Waals surface area contributed by atoms with Gasteiger partial charge in [0.1, 0.15) is 11.6 Å². The molecule has 3 heterocycles. The molecule has 1 aromatic rings. The average molecular weight is 472 g/mol. The van der Waals surface area contributed by atoms with E-state index in [1.165, 1.54) is 0 Å². The Labute approximate surface area is 201 Å². The van der Waals surface area contributed by atoms with Crippen molar-refractivity contribution in [2.24, 2.45) is 11.8 Å². The van der Waals surface area contributed by atoms with Crippen LogP contribution in [0.4, 0.5) is 0 Å². The minimum Gasteiger partial charge on any atom is -0.394 e. The van der Waals surface area contributed by atoms with Gasteiger partial charge in [-0.05, 0) is 37.7 Å². The largest absolute Gasteiger partial charge is 0.394 e. The smallest absolute Gasteiger partial charge is 0.245 e. The van der Waals surface area contributed by atoms with Crippen molar-refractivity contribution in [2.45, 2.75) is 76.2 Å². The highest BCUT2D eigenvalue weighted by atomic mass is 16.5. The number of carbonyl (C=O) groups excluding carboxylic acids is 3. The van der Waals surface area contributed by atoms with Crippen LogP contribution in [0.15, 0.2) is 30.3 Å². The van der Waals surface area contributed by atoms with Crippen LogP contribution >= 0.6 is 0 Å². The lowest BCUT2D eigenvalue weighted by Crippen LogP contribution is -2.58. The highest BCUT2D eigenvalue weighted by Crippen LogP contribution is 2.58. The van der Waals surface area contributed by atoms with Gasteiger partial charge in [0.05, 0.1) is 30.6 Å². The molecule has 4 rings (SSSR count). The molecule has 3 fully saturated rings. The maximum atomic E-state index is 14.0. The van der Waals surface area contributed by atoms with Gasteiger partial charge in [-0.3, -0.25) is 14.4 Å². The first-order valence-corrected chi connectivity index (χ1v) is 12.7. The minimum atomic E-state index is -1.03. The first-order chi connectivity index (χ1) is 16.5. The quantitative estimate of drug-likeness (QED) is 0.423. The first-order valence-electron chi connectivity index (χ1n) is 12.7. The molecule has 0 saturated carbocycles. The van der Waals surface area contributed by atoms with Crippen LogP contribution in [-0.4, -0.2) is 71.2 Å². The fraction of sp³-hybridized carbons (Fsp3) is 0.654. The van der Waals surface area contributed by atoms with Gasteiger partial charge < -0.3 is 25.4 Å². The summed E-state index contributed by atoms with van der Waals surface area (Å²) in [6, 6.07) is 8.19. The Morgan fingerprint density at radius 3 is 2.56 bits per heavy atom. The molecule has 3 N–H and O–H groups in total. The number of benzene rings is 1. The number of hydrogen-bond donors (Lipinski definition) is 3. The third kappa shape index (κ3) is 4.22. The van der Waals surface area contributed by atoms with Crippen LogP contribution in [0.25, 0.3) is 0 Å². The molecular weight excluding hydrogens is 434 g/mol. The van der Waals surface area contributed by atoms with Gasteiger partial charge in [0.2, 0.25) is 17.7 Å². The second-order valence-electron chi connectivity index (χ2n) is 9.76. The molecule has 0 aromatic heterocycles. The molecule has 3 saturated heterocycles. The summed E-state index contributed by atoms with van der Waals surface area (Å²) in [5, 5.41) is 16.3. The predicted octanol–water partition coefficient (Wildman–Crippen LogP) is 1.41. The monoisotopic (exact) mass is 471 g/mol.